The van der Waals surface area contributed by atoms with Crippen LogP contribution >= 0.6 is 0 Å². The van der Waals surface area contributed by atoms with E-state index in [1.807, 2.05) is 12.1 Å². The van der Waals surface area contributed by atoms with E-state index in [0.29, 0.717) is 11.8 Å². The number of phenols is 1. The lowest BCUT2D eigenvalue weighted by Crippen LogP contribution is -2.38. The van der Waals surface area contributed by atoms with E-state index in [9.17, 15) is 5.11 Å². The van der Waals surface area contributed by atoms with Crippen molar-refractivity contribution in [2.24, 2.45) is 0 Å². The van der Waals surface area contributed by atoms with E-state index in [0.717, 1.165) is 6.04 Å². The molecule has 1 N–H and O–H groups in total. The molecule has 1 saturated carbocycles. The van der Waals surface area contributed by atoms with Crippen molar-refractivity contribution in [2.45, 2.75) is 50.1 Å². The van der Waals surface area contributed by atoms with Crippen LogP contribution in [0.5, 0.6) is 5.75 Å². The van der Waals surface area contributed by atoms with Crippen molar-refractivity contribution in [3.05, 3.63) is 29.8 Å². The molecule has 1 heterocycles. The van der Waals surface area contributed by atoms with E-state index in [1.165, 1.54) is 31.2 Å². The van der Waals surface area contributed by atoms with Crippen LogP contribution in [-0.4, -0.2) is 29.1 Å². The predicted octanol–water partition coefficient (Wildman–Crippen LogP) is 2.91. The summed E-state index contributed by atoms with van der Waals surface area (Å²) in [4.78, 5) is 2.54. The summed E-state index contributed by atoms with van der Waals surface area (Å²) < 4.78 is 0. The largest absolute Gasteiger partial charge is 0.508 e. The predicted molar refractivity (Wildman–Crippen MR) is 69.3 cm³/mol. The Hall–Kier alpha value is -1.02. The lowest BCUT2D eigenvalue weighted by Gasteiger charge is -2.36. The highest BCUT2D eigenvalue weighted by atomic mass is 16.3. The summed E-state index contributed by atoms with van der Waals surface area (Å²) in [5.74, 6) is 0.403. The Balaban J connectivity index is 2.05. The monoisotopic (exact) mass is 231 g/mol. The normalized spacial score (nSPS) is 37.3. The summed E-state index contributed by atoms with van der Waals surface area (Å²) >= 11 is 0. The molecule has 2 unspecified atom stereocenters. The van der Waals surface area contributed by atoms with Crippen molar-refractivity contribution < 1.29 is 5.11 Å². The van der Waals surface area contributed by atoms with Gasteiger partial charge in [0.1, 0.15) is 5.75 Å². The van der Waals surface area contributed by atoms with E-state index in [-0.39, 0.29) is 5.41 Å². The van der Waals surface area contributed by atoms with E-state index in [4.69, 9.17) is 0 Å². The zero-order valence-corrected chi connectivity index (χ0v) is 10.7. The van der Waals surface area contributed by atoms with Crippen LogP contribution in [0.15, 0.2) is 24.3 Å². The highest BCUT2D eigenvalue weighted by Gasteiger charge is 2.51. The Bertz CT molecular complexity index is 431. The summed E-state index contributed by atoms with van der Waals surface area (Å²) in [6, 6.07) is 9.23. The van der Waals surface area contributed by atoms with Crippen molar-refractivity contribution >= 4 is 0 Å². The van der Waals surface area contributed by atoms with Crippen molar-refractivity contribution in [3.63, 3.8) is 0 Å². The minimum Gasteiger partial charge on any atom is -0.508 e. The maximum absolute atomic E-state index is 9.71. The zero-order chi connectivity index (χ0) is 12.0. The van der Waals surface area contributed by atoms with Gasteiger partial charge in [-0.1, -0.05) is 18.6 Å². The average Bonchev–Trinajstić information content (AvgIpc) is 2.52. The molecule has 3 atom stereocenters. The molecule has 1 aromatic carbocycles. The quantitative estimate of drug-likeness (QED) is 0.803. The number of benzene rings is 1. The van der Waals surface area contributed by atoms with E-state index in [2.05, 4.69) is 24.9 Å². The van der Waals surface area contributed by atoms with Gasteiger partial charge in [-0.3, -0.25) is 4.90 Å². The lowest BCUT2D eigenvalue weighted by atomic mass is 9.67. The molecule has 3 rings (SSSR count). The summed E-state index contributed by atoms with van der Waals surface area (Å²) in [6.45, 7) is 2.34. The standard InChI is InChI=1S/C15H21NO/c1-11-15(12-5-3-7-14(17)9-12)8-4-6-13(10-15)16(11)2/h3,5,7,9,11,13,17H,4,6,8,10H2,1-2H3/t11?,13?,15-/m1/s1. The van der Waals surface area contributed by atoms with Crippen LogP contribution in [-0.2, 0) is 5.41 Å². The molecule has 2 bridgehead atoms. The number of fused-ring (bicyclic) bond motifs is 2. The van der Waals surface area contributed by atoms with Gasteiger partial charge < -0.3 is 5.11 Å². The fourth-order valence-corrected chi connectivity index (χ4v) is 4.03. The summed E-state index contributed by atoms with van der Waals surface area (Å²) in [5.41, 5.74) is 1.61. The lowest BCUT2D eigenvalue weighted by molar-refractivity contribution is 0.239. The number of hydrogen-bond donors (Lipinski definition) is 1. The third-order valence-corrected chi connectivity index (χ3v) is 5.17. The minimum atomic E-state index is 0.274. The van der Waals surface area contributed by atoms with E-state index < -0.39 is 0 Å². The molecule has 2 nitrogen and oxygen atoms in total. The van der Waals surface area contributed by atoms with Gasteiger partial charge in [0.15, 0.2) is 0 Å². The van der Waals surface area contributed by atoms with E-state index >= 15 is 0 Å². The molecular formula is C15H21NO. The molecule has 1 aromatic rings. The topological polar surface area (TPSA) is 23.5 Å². The fourth-order valence-electron chi connectivity index (χ4n) is 4.03. The second-order valence-corrected chi connectivity index (χ2v) is 5.80. The van der Waals surface area contributed by atoms with Gasteiger partial charge >= 0.3 is 0 Å². The number of nitrogens with zero attached hydrogens (tertiary/aromatic N) is 1. The first-order valence-corrected chi connectivity index (χ1v) is 6.65. The van der Waals surface area contributed by atoms with Crippen LogP contribution in [0, 0.1) is 0 Å². The summed E-state index contributed by atoms with van der Waals surface area (Å²) in [7, 11) is 2.26. The highest BCUT2D eigenvalue weighted by Crippen LogP contribution is 2.51. The molecule has 0 aromatic heterocycles. The van der Waals surface area contributed by atoms with Gasteiger partial charge in [-0.15, -0.1) is 0 Å². The molecule has 0 amide bonds. The van der Waals surface area contributed by atoms with Gasteiger partial charge in [0, 0.05) is 17.5 Å². The Labute approximate surface area is 103 Å². The molecule has 2 aliphatic rings. The number of likely N-dealkylation sites (tertiary alicyclic amines) is 1. The summed E-state index contributed by atoms with van der Waals surface area (Å²) in [5, 5.41) is 9.71. The van der Waals surface area contributed by atoms with Crippen LogP contribution in [0.3, 0.4) is 0 Å². The van der Waals surface area contributed by atoms with Crippen LogP contribution in [0.25, 0.3) is 0 Å². The van der Waals surface area contributed by atoms with E-state index in [1.54, 1.807) is 6.07 Å². The van der Waals surface area contributed by atoms with Gasteiger partial charge in [-0.2, -0.15) is 0 Å². The molecule has 1 saturated heterocycles. The van der Waals surface area contributed by atoms with Gasteiger partial charge in [0.05, 0.1) is 0 Å². The number of hydrogen-bond acceptors (Lipinski definition) is 2. The van der Waals surface area contributed by atoms with Gasteiger partial charge in [-0.25, -0.2) is 0 Å². The summed E-state index contributed by atoms with van der Waals surface area (Å²) in [6.07, 6.45) is 5.17. The van der Waals surface area contributed by atoms with Gasteiger partial charge in [0.25, 0.3) is 0 Å². The zero-order valence-electron chi connectivity index (χ0n) is 10.7. The highest BCUT2D eigenvalue weighted by molar-refractivity contribution is 5.36. The average molecular weight is 231 g/mol. The maximum atomic E-state index is 9.71. The van der Waals surface area contributed by atoms with Crippen LogP contribution in [0.4, 0.5) is 0 Å². The number of phenolic OH excluding ortho intramolecular Hbond substituents is 1. The molecule has 92 valence electrons. The first-order chi connectivity index (χ1) is 8.13. The number of aromatic hydroxyl groups is 1. The van der Waals surface area contributed by atoms with Gasteiger partial charge in [0.2, 0.25) is 0 Å². The first-order valence-electron chi connectivity index (χ1n) is 6.65. The molecular weight excluding hydrogens is 210 g/mol. The molecule has 0 spiro atoms. The minimum absolute atomic E-state index is 0.274. The second kappa shape index (κ2) is 3.74. The Morgan fingerprint density at radius 2 is 2.24 bits per heavy atom. The van der Waals surface area contributed by atoms with Crippen molar-refractivity contribution in [1.82, 2.24) is 4.90 Å². The first kappa shape index (κ1) is 11.1. The Morgan fingerprint density at radius 1 is 1.41 bits per heavy atom. The van der Waals surface area contributed by atoms with Crippen molar-refractivity contribution in [2.75, 3.05) is 7.05 Å². The number of rotatable bonds is 1. The van der Waals surface area contributed by atoms with Crippen LogP contribution < -0.4 is 0 Å². The van der Waals surface area contributed by atoms with Crippen molar-refractivity contribution in [1.29, 1.82) is 0 Å². The molecule has 0 radical (unpaired) electrons. The van der Waals surface area contributed by atoms with Crippen LogP contribution in [0.2, 0.25) is 0 Å². The number of likely N-dealkylation sites (N-methyl/N-ethyl adjacent to an activating group) is 1. The SMILES string of the molecule is CC1N(C)C2CCC[C@@]1(c1cccc(O)c1)C2. The molecule has 2 fully saturated rings. The molecule has 17 heavy (non-hydrogen) atoms. The van der Waals surface area contributed by atoms with Crippen LogP contribution in [0.1, 0.15) is 38.2 Å². The Kier molecular flexibility index (Phi) is 2.44. The second-order valence-electron chi connectivity index (χ2n) is 5.80. The third-order valence-electron chi connectivity index (χ3n) is 5.17. The molecule has 1 aliphatic carbocycles. The molecule has 2 heteroatoms. The fraction of sp³-hybridized carbons (Fsp3) is 0.600. The Morgan fingerprint density at radius 3 is 3.00 bits per heavy atom. The third kappa shape index (κ3) is 1.50. The van der Waals surface area contributed by atoms with Gasteiger partial charge in [-0.05, 0) is 50.9 Å². The molecule has 1 aliphatic heterocycles. The maximum Gasteiger partial charge on any atom is 0.115 e. The van der Waals surface area contributed by atoms with Crippen molar-refractivity contribution in [3.8, 4) is 5.75 Å². The smallest absolute Gasteiger partial charge is 0.115 e.